The summed E-state index contributed by atoms with van der Waals surface area (Å²) in [6.45, 7) is 4.19. The van der Waals surface area contributed by atoms with E-state index >= 15 is 0 Å². The third-order valence-electron chi connectivity index (χ3n) is 4.67. The Morgan fingerprint density at radius 1 is 1.29 bits per heavy atom. The van der Waals surface area contributed by atoms with Gasteiger partial charge >= 0.3 is 0 Å². The van der Waals surface area contributed by atoms with E-state index in [0.29, 0.717) is 10.0 Å². The molecule has 0 saturated heterocycles. The van der Waals surface area contributed by atoms with Crippen molar-refractivity contribution in [1.29, 1.82) is 0 Å². The summed E-state index contributed by atoms with van der Waals surface area (Å²) >= 11 is 12.5. The summed E-state index contributed by atoms with van der Waals surface area (Å²) in [6, 6.07) is 5.56. The number of aromatic nitrogens is 2. The van der Waals surface area contributed by atoms with E-state index in [1.54, 1.807) is 6.07 Å². The molecule has 0 spiro atoms. The van der Waals surface area contributed by atoms with Crippen LogP contribution in [0, 0.1) is 12.8 Å². The predicted octanol–water partition coefficient (Wildman–Crippen LogP) is 6.11. The highest BCUT2D eigenvalue weighted by molar-refractivity contribution is 6.36. The molecule has 1 aromatic carbocycles. The number of hydrogen-bond donors (Lipinski definition) is 0. The minimum atomic E-state index is 0.623. The van der Waals surface area contributed by atoms with Crippen LogP contribution in [-0.2, 0) is 12.8 Å². The minimum Gasteiger partial charge on any atom is -0.441 e. The highest BCUT2D eigenvalue weighted by atomic mass is 35.5. The van der Waals surface area contributed by atoms with Crippen molar-refractivity contribution in [3.8, 4) is 11.1 Å². The van der Waals surface area contributed by atoms with Gasteiger partial charge in [-0.2, -0.15) is 5.10 Å². The quantitative estimate of drug-likeness (QED) is 0.547. The normalized spacial score (nSPS) is 14.7. The molecule has 1 saturated carbocycles. The van der Waals surface area contributed by atoms with Gasteiger partial charge < -0.3 is 4.42 Å². The molecule has 4 rings (SSSR count). The van der Waals surface area contributed by atoms with Gasteiger partial charge in [0.05, 0.1) is 22.0 Å². The molecule has 0 unspecified atom stereocenters. The number of hydrogen-bond acceptors (Lipinski definition) is 2. The van der Waals surface area contributed by atoms with Gasteiger partial charge in [-0.1, -0.05) is 42.6 Å². The molecule has 1 aliphatic rings. The molecule has 0 N–H and O–H groups in total. The standard InChI is InChI=1S/C19H20Cl2N2O/c1-3-4-16-17(9-12-5-6-12)24-19-18(11(2)22-23(16)19)14-8-7-13(20)10-15(14)21/h7-8,10,12H,3-6,9H2,1-2H3. The maximum absolute atomic E-state index is 6.43. The van der Waals surface area contributed by atoms with Crippen molar-refractivity contribution in [3.63, 3.8) is 0 Å². The summed E-state index contributed by atoms with van der Waals surface area (Å²) in [5, 5.41) is 6.00. The lowest BCUT2D eigenvalue weighted by molar-refractivity contribution is 0.525. The molecule has 0 atom stereocenters. The number of benzene rings is 1. The van der Waals surface area contributed by atoms with Gasteiger partial charge in [-0.05, 0) is 44.2 Å². The maximum Gasteiger partial charge on any atom is 0.230 e. The van der Waals surface area contributed by atoms with Crippen LogP contribution in [0.25, 0.3) is 16.8 Å². The van der Waals surface area contributed by atoms with Crippen LogP contribution >= 0.6 is 23.2 Å². The van der Waals surface area contributed by atoms with Crippen molar-refractivity contribution in [2.24, 2.45) is 5.92 Å². The topological polar surface area (TPSA) is 30.4 Å². The molecule has 5 heteroatoms. The number of nitrogens with zero attached hydrogens (tertiary/aromatic N) is 2. The Morgan fingerprint density at radius 2 is 2.08 bits per heavy atom. The first kappa shape index (κ1) is 16.0. The largest absolute Gasteiger partial charge is 0.441 e. The Kier molecular flexibility index (Phi) is 4.09. The average Bonchev–Trinajstić information content (AvgIpc) is 3.22. The monoisotopic (exact) mass is 362 g/mol. The Bertz CT molecular complexity index is 906. The highest BCUT2D eigenvalue weighted by Gasteiger charge is 2.28. The second kappa shape index (κ2) is 6.12. The van der Waals surface area contributed by atoms with E-state index in [1.807, 2.05) is 23.6 Å². The van der Waals surface area contributed by atoms with Crippen LogP contribution in [0.3, 0.4) is 0 Å². The molecule has 0 aliphatic heterocycles. The summed E-state index contributed by atoms with van der Waals surface area (Å²) in [6.07, 6.45) is 5.69. The van der Waals surface area contributed by atoms with Crippen LogP contribution < -0.4 is 0 Å². The molecule has 0 bridgehead atoms. The van der Waals surface area contributed by atoms with E-state index < -0.39 is 0 Å². The first-order valence-electron chi connectivity index (χ1n) is 8.53. The Morgan fingerprint density at radius 3 is 2.75 bits per heavy atom. The summed E-state index contributed by atoms with van der Waals surface area (Å²) in [4.78, 5) is 0. The van der Waals surface area contributed by atoms with Gasteiger partial charge in [0.25, 0.3) is 0 Å². The number of oxazole rings is 1. The molecule has 126 valence electrons. The second-order valence-corrected chi connectivity index (χ2v) is 7.51. The van der Waals surface area contributed by atoms with Gasteiger partial charge in [-0.15, -0.1) is 0 Å². The molecule has 0 amide bonds. The lowest BCUT2D eigenvalue weighted by Crippen LogP contribution is -1.98. The van der Waals surface area contributed by atoms with Crippen LogP contribution in [0.15, 0.2) is 22.6 Å². The third-order valence-corrected chi connectivity index (χ3v) is 5.22. The molecule has 0 radical (unpaired) electrons. The molecule has 2 heterocycles. The number of halogens is 2. The summed E-state index contributed by atoms with van der Waals surface area (Å²) in [5.41, 5.74) is 4.82. The highest BCUT2D eigenvalue weighted by Crippen LogP contribution is 2.39. The third kappa shape index (κ3) is 2.74. The van der Waals surface area contributed by atoms with Gasteiger partial charge in [-0.3, -0.25) is 0 Å². The van der Waals surface area contributed by atoms with Crippen molar-refractivity contribution in [1.82, 2.24) is 9.61 Å². The number of rotatable bonds is 5. The zero-order valence-electron chi connectivity index (χ0n) is 13.9. The van der Waals surface area contributed by atoms with Crippen LogP contribution in [0.1, 0.15) is 43.3 Å². The SMILES string of the molecule is CCCc1c(CC2CC2)oc2c(-c3ccc(Cl)cc3Cl)c(C)nn12. The molecule has 3 nitrogen and oxygen atoms in total. The van der Waals surface area contributed by atoms with Gasteiger partial charge in [-0.25, -0.2) is 4.52 Å². The fourth-order valence-electron chi connectivity index (χ4n) is 3.31. The molecule has 2 aromatic heterocycles. The molecule has 1 aliphatic carbocycles. The Labute approximate surface area is 151 Å². The predicted molar refractivity (Wildman–Crippen MR) is 98.1 cm³/mol. The molecular formula is C19H20Cl2N2O. The fourth-order valence-corrected chi connectivity index (χ4v) is 3.81. The van der Waals surface area contributed by atoms with E-state index in [0.717, 1.165) is 53.5 Å². The molecule has 24 heavy (non-hydrogen) atoms. The van der Waals surface area contributed by atoms with E-state index in [9.17, 15) is 0 Å². The van der Waals surface area contributed by atoms with Gasteiger partial charge in [0, 0.05) is 17.0 Å². The van der Waals surface area contributed by atoms with Gasteiger partial charge in [0.15, 0.2) is 0 Å². The van der Waals surface area contributed by atoms with E-state index in [4.69, 9.17) is 32.7 Å². The zero-order chi connectivity index (χ0) is 16.8. The van der Waals surface area contributed by atoms with E-state index in [-0.39, 0.29) is 0 Å². The first-order chi connectivity index (χ1) is 11.6. The van der Waals surface area contributed by atoms with Crippen LogP contribution in [0.2, 0.25) is 10.0 Å². The molecule has 3 aromatic rings. The zero-order valence-corrected chi connectivity index (χ0v) is 15.4. The van der Waals surface area contributed by atoms with Crippen molar-refractivity contribution in [3.05, 3.63) is 45.4 Å². The van der Waals surface area contributed by atoms with Crippen LogP contribution in [0.4, 0.5) is 0 Å². The second-order valence-electron chi connectivity index (χ2n) is 6.67. The molecule has 1 fully saturated rings. The fraction of sp³-hybridized carbons (Fsp3) is 0.421. The van der Waals surface area contributed by atoms with Crippen LogP contribution in [-0.4, -0.2) is 9.61 Å². The number of aryl methyl sites for hydroxylation is 2. The smallest absolute Gasteiger partial charge is 0.230 e. The maximum atomic E-state index is 6.43. The summed E-state index contributed by atoms with van der Waals surface area (Å²) in [7, 11) is 0. The summed E-state index contributed by atoms with van der Waals surface area (Å²) < 4.78 is 8.29. The van der Waals surface area contributed by atoms with E-state index in [1.165, 1.54) is 18.5 Å². The first-order valence-corrected chi connectivity index (χ1v) is 9.29. The molecular weight excluding hydrogens is 343 g/mol. The van der Waals surface area contributed by atoms with Crippen molar-refractivity contribution >= 4 is 28.9 Å². The Balaban J connectivity index is 1.90. The van der Waals surface area contributed by atoms with Gasteiger partial charge in [0.2, 0.25) is 5.71 Å². The summed E-state index contributed by atoms with van der Waals surface area (Å²) in [5.74, 6) is 1.87. The van der Waals surface area contributed by atoms with Crippen molar-refractivity contribution < 1.29 is 4.42 Å². The van der Waals surface area contributed by atoms with E-state index in [2.05, 4.69) is 6.92 Å². The van der Waals surface area contributed by atoms with Gasteiger partial charge in [0.1, 0.15) is 5.76 Å². The number of fused-ring (bicyclic) bond motifs is 1. The van der Waals surface area contributed by atoms with Crippen molar-refractivity contribution in [2.75, 3.05) is 0 Å². The minimum absolute atomic E-state index is 0.623. The van der Waals surface area contributed by atoms with Crippen LogP contribution in [0.5, 0.6) is 0 Å². The lowest BCUT2D eigenvalue weighted by atomic mass is 10.1. The average molecular weight is 363 g/mol. The lowest BCUT2D eigenvalue weighted by Gasteiger charge is -2.03. The van der Waals surface area contributed by atoms with Crippen molar-refractivity contribution in [2.45, 2.75) is 46.0 Å². The Hall–Kier alpha value is -1.45.